The van der Waals surface area contributed by atoms with Crippen LogP contribution in [0.2, 0.25) is 0 Å². The van der Waals surface area contributed by atoms with E-state index in [1.165, 1.54) is 17.5 Å². The second-order valence-electron chi connectivity index (χ2n) is 5.48. The summed E-state index contributed by atoms with van der Waals surface area (Å²) >= 11 is 0. The average molecular weight is 313 g/mol. The Labute approximate surface area is 139 Å². The van der Waals surface area contributed by atoms with Gasteiger partial charge in [0, 0.05) is 12.1 Å². The highest BCUT2D eigenvalue weighted by molar-refractivity contribution is 5.33. The molecule has 3 heteroatoms. The third-order valence-electron chi connectivity index (χ3n) is 3.61. The molecule has 3 nitrogen and oxygen atoms in total. The third-order valence-corrected chi connectivity index (χ3v) is 3.61. The largest absolute Gasteiger partial charge is 0.490 e. The van der Waals surface area contributed by atoms with E-state index in [-0.39, 0.29) is 0 Å². The Bertz CT molecular complexity index is 566. The number of aryl methyl sites for hydroxylation is 1. The van der Waals surface area contributed by atoms with E-state index in [4.69, 9.17) is 9.47 Å². The van der Waals surface area contributed by atoms with Crippen LogP contribution in [0.3, 0.4) is 0 Å². The molecule has 0 heterocycles. The molecule has 0 amide bonds. The monoisotopic (exact) mass is 313 g/mol. The number of para-hydroxylation sites is 1. The zero-order chi connectivity index (χ0) is 16.3. The lowest BCUT2D eigenvalue weighted by Crippen LogP contribution is -2.14. The van der Waals surface area contributed by atoms with Crippen molar-refractivity contribution in [2.75, 3.05) is 19.8 Å². The maximum absolute atomic E-state index is 5.85. The van der Waals surface area contributed by atoms with Crippen molar-refractivity contribution in [2.45, 2.75) is 33.2 Å². The zero-order valence-electron chi connectivity index (χ0n) is 14.2. The molecular formula is C20H27NO2. The molecule has 0 aliphatic carbocycles. The summed E-state index contributed by atoms with van der Waals surface area (Å²) in [5.74, 6) is 1.82. The molecule has 124 valence electrons. The van der Waals surface area contributed by atoms with Gasteiger partial charge in [0.05, 0.1) is 0 Å². The van der Waals surface area contributed by atoms with Gasteiger partial charge in [-0.3, -0.25) is 0 Å². The Morgan fingerprint density at radius 1 is 0.870 bits per heavy atom. The van der Waals surface area contributed by atoms with E-state index in [1.54, 1.807) is 0 Å². The maximum Gasteiger partial charge on any atom is 0.123 e. The summed E-state index contributed by atoms with van der Waals surface area (Å²) < 4.78 is 11.6. The van der Waals surface area contributed by atoms with Crippen molar-refractivity contribution in [2.24, 2.45) is 0 Å². The highest BCUT2D eigenvalue weighted by atomic mass is 16.5. The zero-order valence-corrected chi connectivity index (χ0v) is 14.2. The fraction of sp³-hybridized carbons (Fsp3) is 0.400. The van der Waals surface area contributed by atoms with Gasteiger partial charge >= 0.3 is 0 Å². The molecule has 2 aromatic carbocycles. The van der Waals surface area contributed by atoms with Gasteiger partial charge in [-0.1, -0.05) is 50.6 Å². The standard InChI is InChI=1S/C20H27NO2/c1-3-7-17-10-12-19(13-11-17)22-14-15-23-20-9-6-5-8-18(20)16-21-4-2/h5-6,8-13,21H,3-4,7,14-16H2,1-2H3. The van der Waals surface area contributed by atoms with Crippen LogP contribution in [-0.4, -0.2) is 19.8 Å². The average Bonchev–Trinajstić information content (AvgIpc) is 2.59. The summed E-state index contributed by atoms with van der Waals surface area (Å²) in [4.78, 5) is 0. The van der Waals surface area contributed by atoms with Gasteiger partial charge in [0.1, 0.15) is 24.7 Å². The van der Waals surface area contributed by atoms with Gasteiger partial charge in [0.15, 0.2) is 0 Å². The number of nitrogens with one attached hydrogen (secondary N) is 1. The minimum absolute atomic E-state index is 0.542. The summed E-state index contributed by atoms with van der Waals surface area (Å²) in [7, 11) is 0. The molecule has 0 aliphatic rings. The van der Waals surface area contributed by atoms with Gasteiger partial charge in [0.2, 0.25) is 0 Å². The molecule has 0 atom stereocenters. The molecule has 0 aliphatic heterocycles. The Kier molecular flexibility index (Phi) is 7.47. The van der Waals surface area contributed by atoms with Crippen molar-refractivity contribution < 1.29 is 9.47 Å². The molecule has 0 aromatic heterocycles. The SMILES string of the molecule is CCCc1ccc(OCCOc2ccccc2CNCC)cc1. The first-order valence-corrected chi connectivity index (χ1v) is 8.46. The van der Waals surface area contributed by atoms with Crippen molar-refractivity contribution >= 4 is 0 Å². The van der Waals surface area contributed by atoms with E-state index in [1.807, 2.05) is 30.3 Å². The second-order valence-corrected chi connectivity index (χ2v) is 5.48. The number of benzene rings is 2. The van der Waals surface area contributed by atoms with Gasteiger partial charge in [-0.05, 0) is 36.7 Å². The molecule has 0 saturated heterocycles. The Balaban J connectivity index is 1.76. The van der Waals surface area contributed by atoms with E-state index >= 15 is 0 Å². The van der Waals surface area contributed by atoms with Crippen molar-refractivity contribution in [1.29, 1.82) is 0 Å². The summed E-state index contributed by atoms with van der Waals surface area (Å²) in [6.45, 7) is 7.15. The lowest BCUT2D eigenvalue weighted by Gasteiger charge is -2.12. The van der Waals surface area contributed by atoms with Crippen LogP contribution in [0.15, 0.2) is 48.5 Å². The molecule has 1 N–H and O–H groups in total. The summed E-state index contributed by atoms with van der Waals surface area (Å²) in [6, 6.07) is 16.5. The fourth-order valence-corrected chi connectivity index (χ4v) is 2.40. The topological polar surface area (TPSA) is 30.5 Å². The molecule has 23 heavy (non-hydrogen) atoms. The Morgan fingerprint density at radius 2 is 1.61 bits per heavy atom. The minimum Gasteiger partial charge on any atom is -0.490 e. The summed E-state index contributed by atoms with van der Waals surface area (Å²) in [6.07, 6.45) is 2.28. The maximum atomic E-state index is 5.85. The van der Waals surface area contributed by atoms with Crippen LogP contribution < -0.4 is 14.8 Å². The Morgan fingerprint density at radius 3 is 2.35 bits per heavy atom. The van der Waals surface area contributed by atoms with Crippen LogP contribution in [-0.2, 0) is 13.0 Å². The summed E-state index contributed by atoms with van der Waals surface area (Å²) in [5.41, 5.74) is 2.53. The lowest BCUT2D eigenvalue weighted by molar-refractivity contribution is 0.215. The molecule has 0 radical (unpaired) electrons. The van der Waals surface area contributed by atoms with Crippen molar-refractivity contribution in [1.82, 2.24) is 5.32 Å². The van der Waals surface area contributed by atoms with E-state index in [0.717, 1.165) is 31.0 Å². The molecule has 0 unspecified atom stereocenters. The van der Waals surface area contributed by atoms with Crippen LogP contribution in [0, 0.1) is 0 Å². The first-order valence-electron chi connectivity index (χ1n) is 8.46. The number of rotatable bonds is 10. The van der Waals surface area contributed by atoms with E-state index < -0.39 is 0 Å². The van der Waals surface area contributed by atoms with Crippen molar-refractivity contribution in [3.8, 4) is 11.5 Å². The van der Waals surface area contributed by atoms with Crippen LogP contribution in [0.5, 0.6) is 11.5 Å². The van der Waals surface area contributed by atoms with Crippen molar-refractivity contribution in [3.63, 3.8) is 0 Å². The van der Waals surface area contributed by atoms with Gasteiger partial charge in [-0.2, -0.15) is 0 Å². The quantitative estimate of drug-likeness (QED) is 0.667. The molecule has 0 spiro atoms. The van der Waals surface area contributed by atoms with Crippen LogP contribution in [0.4, 0.5) is 0 Å². The van der Waals surface area contributed by atoms with E-state index in [0.29, 0.717) is 13.2 Å². The molecule has 0 saturated carbocycles. The third kappa shape index (κ3) is 5.95. The van der Waals surface area contributed by atoms with Crippen LogP contribution in [0.25, 0.3) is 0 Å². The van der Waals surface area contributed by atoms with Gasteiger partial charge < -0.3 is 14.8 Å². The molecule has 0 bridgehead atoms. The molecular weight excluding hydrogens is 286 g/mol. The minimum atomic E-state index is 0.542. The predicted molar refractivity (Wildman–Crippen MR) is 95.2 cm³/mol. The smallest absolute Gasteiger partial charge is 0.123 e. The first-order chi connectivity index (χ1) is 11.3. The molecule has 0 fully saturated rings. The number of hydrogen-bond donors (Lipinski definition) is 1. The van der Waals surface area contributed by atoms with Gasteiger partial charge in [-0.25, -0.2) is 0 Å². The van der Waals surface area contributed by atoms with Crippen LogP contribution in [0.1, 0.15) is 31.4 Å². The van der Waals surface area contributed by atoms with Gasteiger partial charge in [-0.15, -0.1) is 0 Å². The van der Waals surface area contributed by atoms with E-state index in [2.05, 4.69) is 37.4 Å². The molecule has 2 aromatic rings. The molecule has 2 rings (SSSR count). The van der Waals surface area contributed by atoms with Crippen molar-refractivity contribution in [3.05, 3.63) is 59.7 Å². The predicted octanol–water partition coefficient (Wildman–Crippen LogP) is 4.21. The number of ether oxygens (including phenoxy) is 2. The highest BCUT2D eigenvalue weighted by Gasteiger charge is 2.02. The summed E-state index contributed by atoms with van der Waals surface area (Å²) in [5, 5.41) is 3.33. The van der Waals surface area contributed by atoms with E-state index in [9.17, 15) is 0 Å². The Hall–Kier alpha value is -2.00. The lowest BCUT2D eigenvalue weighted by atomic mass is 10.1. The van der Waals surface area contributed by atoms with Gasteiger partial charge in [0.25, 0.3) is 0 Å². The fourth-order valence-electron chi connectivity index (χ4n) is 2.40. The van der Waals surface area contributed by atoms with Crippen LogP contribution >= 0.6 is 0 Å². The first kappa shape index (κ1) is 17.4. The number of hydrogen-bond acceptors (Lipinski definition) is 3. The highest BCUT2D eigenvalue weighted by Crippen LogP contribution is 2.18. The second kappa shape index (κ2) is 9.90. The normalized spacial score (nSPS) is 10.5.